The molecule has 1 amide bonds. The number of anilines is 1. The van der Waals surface area contributed by atoms with Crippen molar-refractivity contribution in [3.05, 3.63) is 24.3 Å². The Morgan fingerprint density at radius 1 is 1.39 bits per heavy atom. The molecule has 0 bridgehead atoms. The molecule has 4 heteroatoms. The number of ether oxygens (including phenoxy) is 1. The first kappa shape index (κ1) is 14.5. The van der Waals surface area contributed by atoms with E-state index in [2.05, 4.69) is 12.2 Å². The molecule has 0 aliphatic heterocycles. The molecule has 0 heterocycles. The third kappa shape index (κ3) is 5.68. The van der Waals surface area contributed by atoms with Gasteiger partial charge in [0, 0.05) is 24.7 Å². The van der Waals surface area contributed by atoms with Crippen molar-refractivity contribution in [3.63, 3.8) is 0 Å². The van der Waals surface area contributed by atoms with Crippen LogP contribution in [0, 0.1) is 0 Å². The highest BCUT2D eigenvalue weighted by Crippen LogP contribution is 2.17. The highest BCUT2D eigenvalue weighted by Gasteiger charge is 2.02. The maximum atomic E-state index is 11.6. The molecule has 0 aromatic heterocycles. The summed E-state index contributed by atoms with van der Waals surface area (Å²) in [6.07, 6.45) is 3.72. The first-order valence-corrected chi connectivity index (χ1v) is 6.49. The zero-order valence-electron chi connectivity index (χ0n) is 10.9. The van der Waals surface area contributed by atoms with Crippen LogP contribution >= 0.6 is 0 Å². The number of nitrogens with two attached hydrogens (primary N) is 1. The van der Waals surface area contributed by atoms with Gasteiger partial charge in [-0.05, 0) is 18.6 Å². The normalized spacial score (nSPS) is 10.1. The molecule has 1 aromatic rings. The van der Waals surface area contributed by atoms with Crippen LogP contribution < -0.4 is 15.8 Å². The molecular weight excluding hydrogens is 228 g/mol. The summed E-state index contributed by atoms with van der Waals surface area (Å²) in [6, 6.07) is 7.37. The number of hydrogen-bond donors (Lipinski definition) is 2. The molecule has 0 unspecified atom stereocenters. The van der Waals surface area contributed by atoms with Gasteiger partial charge in [-0.15, -0.1) is 0 Å². The average Bonchev–Trinajstić information content (AvgIpc) is 2.37. The summed E-state index contributed by atoms with van der Waals surface area (Å²) in [5, 5.41) is 2.87. The minimum absolute atomic E-state index is 0.0550. The zero-order chi connectivity index (χ0) is 13.2. The molecule has 3 N–H and O–H groups in total. The highest BCUT2D eigenvalue weighted by molar-refractivity contribution is 5.90. The minimum Gasteiger partial charge on any atom is -0.492 e. The predicted octanol–water partition coefficient (Wildman–Crippen LogP) is 2.54. The zero-order valence-corrected chi connectivity index (χ0v) is 10.9. The number of amides is 1. The van der Waals surface area contributed by atoms with E-state index in [4.69, 9.17) is 10.5 Å². The SMILES string of the molecule is CCCCCC(=O)Nc1cccc(OCCN)c1. The van der Waals surface area contributed by atoms with Crippen molar-refractivity contribution >= 4 is 11.6 Å². The molecule has 0 spiro atoms. The third-order valence-electron chi connectivity index (χ3n) is 2.51. The Morgan fingerprint density at radius 3 is 2.94 bits per heavy atom. The van der Waals surface area contributed by atoms with Crippen LogP contribution in [0.3, 0.4) is 0 Å². The molecule has 0 atom stereocenters. The maximum absolute atomic E-state index is 11.6. The first-order valence-electron chi connectivity index (χ1n) is 6.49. The summed E-state index contributed by atoms with van der Waals surface area (Å²) in [6.45, 7) is 3.08. The molecule has 0 fully saturated rings. The van der Waals surface area contributed by atoms with Gasteiger partial charge in [0.2, 0.25) is 5.91 Å². The summed E-state index contributed by atoms with van der Waals surface area (Å²) in [5.74, 6) is 0.784. The molecule has 4 nitrogen and oxygen atoms in total. The lowest BCUT2D eigenvalue weighted by Gasteiger charge is -2.08. The second-order valence-electron chi connectivity index (χ2n) is 4.17. The molecule has 0 saturated heterocycles. The van der Waals surface area contributed by atoms with Crippen molar-refractivity contribution in [2.45, 2.75) is 32.6 Å². The number of unbranched alkanes of at least 4 members (excludes halogenated alkanes) is 2. The van der Waals surface area contributed by atoms with Gasteiger partial charge >= 0.3 is 0 Å². The second kappa shape index (κ2) is 8.53. The molecule has 0 aliphatic rings. The summed E-state index contributed by atoms with van der Waals surface area (Å²) in [4.78, 5) is 11.6. The lowest BCUT2D eigenvalue weighted by Crippen LogP contribution is -2.12. The predicted molar refractivity (Wildman–Crippen MR) is 73.8 cm³/mol. The van der Waals surface area contributed by atoms with E-state index in [1.807, 2.05) is 24.3 Å². The van der Waals surface area contributed by atoms with Crippen LogP contribution in [0.1, 0.15) is 32.6 Å². The van der Waals surface area contributed by atoms with Gasteiger partial charge < -0.3 is 15.8 Å². The number of carbonyl (C=O) groups excluding carboxylic acids is 1. The Morgan fingerprint density at radius 2 is 2.22 bits per heavy atom. The topological polar surface area (TPSA) is 64.3 Å². The summed E-state index contributed by atoms with van der Waals surface area (Å²) in [5.41, 5.74) is 6.14. The Hall–Kier alpha value is -1.55. The molecule has 0 saturated carbocycles. The largest absolute Gasteiger partial charge is 0.492 e. The molecule has 0 aliphatic carbocycles. The van der Waals surface area contributed by atoms with Crippen LogP contribution in [0.2, 0.25) is 0 Å². The van der Waals surface area contributed by atoms with Crippen LogP contribution in [0.5, 0.6) is 5.75 Å². The monoisotopic (exact) mass is 250 g/mol. The Labute approximate surface area is 109 Å². The van der Waals surface area contributed by atoms with E-state index in [1.165, 1.54) is 0 Å². The van der Waals surface area contributed by atoms with Gasteiger partial charge in [-0.3, -0.25) is 4.79 Å². The highest BCUT2D eigenvalue weighted by atomic mass is 16.5. The number of hydrogen-bond acceptors (Lipinski definition) is 3. The van der Waals surface area contributed by atoms with E-state index in [9.17, 15) is 4.79 Å². The molecule has 1 rings (SSSR count). The van der Waals surface area contributed by atoms with E-state index in [-0.39, 0.29) is 5.91 Å². The van der Waals surface area contributed by atoms with Crippen molar-refractivity contribution in [2.24, 2.45) is 5.73 Å². The molecule has 1 aromatic carbocycles. The van der Waals surface area contributed by atoms with Gasteiger partial charge in [-0.25, -0.2) is 0 Å². The molecule has 18 heavy (non-hydrogen) atoms. The second-order valence-corrected chi connectivity index (χ2v) is 4.17. The fourth-order valence-corrected chi connectivity index (χ4v) is 1.60. The molecule has 100 valence electrons. The van der Waals surface area contributed by atoms with Crippen LogP contribution in [-0.2, 0) is 4.79 Å². The van der Waals surface area contributed by atoms with Crippen LogP contribution in [0.4, 0.5) is 5.69 Å². The van der Waals surface area contributed by atoms with Gasteiger partial charge in [-0.2, -0.15) is 0 Å². The Bertz CT molecular complexity index is 367. The van der Waals surface area contributed by atoms with Crippen molar-refractivity contribution in [1.82, 2.24) is 0 Å². The van der Waals surface area contributed by atoms with Crippen LogP contribution in [0.15, 0.2) is 24.3 Å². The Kier molecular flexibility index (Phi) is 6.87. The minimum atomic E-state index is 0.0550. The summed E-state index contributed by atoms with van der Waals surface area (Å²) in [7, 11) is 0. The average molecular weight is 250 g/mol. The van der Waals surface area contributed by atoms with Gasteiger partial charge in [0.15, 0.2) is 0 Å². The van der Waals surface area contributed by atoms with Crippen molar-refractivity contribution < 1.29 is 9.53 Å². The smallest absolute Gasteiger partial charge is 0.224 e. The number of nitrogens with one attached hydrogen (secondary N) is 1. The van der Waals surface area contributed by atoms with Gasteiger partial charge in [0.25, 0.3) is 0 Å². The van der Waals surface area contributed by atoms with Gasteiger partial charge in [0.1, 0.15) is 12.4 Å². The van der Waals surface area contributed by atoms with E-state index in [0.717, 1.165) is 30.7 Å². The molecule has 0 radical (unpaired) electrons. The van der Waals surface area contributed by atoms with E-state index < -0.39 is 0 Å². The molecular formula is C14H22N2O2. The lowest BCUT2D eigenvalue weighted by molar-refractivity contribution is -0.116. The number of rotatable bonds is 8. The fraction of sp³-hybridized carbons (Fsp3) is 0.500. The van der Waals surface area contributed by atoms with Crippen molar-refractivity contribution in [3.8, 4) is 5.75 Å². The number of benzene rings is 1. The van der Waals surface area contributed by atoms with Crippen LogP contribution in [0.25, 0.3) is 0 Å². The lowest BCUT2D eigenvalue weighted by atomic mass is 10.2. The summed E-state index contributed by atoms with van der Waals surface area (Å²) < 4.78 is 5.40. The third-order valence-corrected chi connectivity index (χ3v) is 2.51. The van der Waals surface area contributed by atoms with Crippen molar-refractivity contribution in [2.75, 3.05) is 18.5 Å². The quantitative estimate of drug-likeness (QED) is 0.697. The summed E-state index contributed by atoms with van der Waals surface area (Å²) >= 11 is 0. The van der Waals surface area contributed by atoms with Crippen LogP contribution in [-0.4, -0.2) is 19.1 Å². The number of carbonyl (C=O) groups is 1. The van der Waals surface area contributed by atoms with Gasteiger partial charge in [-0.1, -0.05) is 25.8 Å². The fourth-order valence-electron chi connectivity index (χ4n) is 1.60. The first-order chi connectivity index (χ1) is 8.76. The van der Waals surface area contributed by atoms with E-state index >= 15 is 0 Å². The van der Waals surface area contributed by atoms with E-state index in [1.54, 1.807) is 0 Å². The standard InChI is InChI=1S/C14H22N2O2/c1-2-3-4-8-14(17)16-12-6-5-7-13(11-12)18-10-9-15/h5-7,11H,2-4,8-10,15H2,1H3,(H,16,17). The Balaban J connectivity index is 2.43. The maximum Gasteiger partial charge on any atom is 0.224 e. The van der Waals surface area contributed by atoms with Gasteiger partial charge in [0.05, 0.1) is 0 Å². The van der Waals surface area contributed by atoms with Crippen molar-refractivity contribution in [1.29, 1.82) is 0 Å². The van der Waals surface area contributed by atoms with E-state index in [0.29, 0.717) is 19.6 Å².